The molecule has 0 aliphatic heterocycles. The normalized spacial score (nSPS) is 11.2. The van der Waals surface area contributed by atoms with Crippen LogP contribution in [0.3, 0.4) is 0 Å². The summed E-state index contributed by atoms with van der Waals surface area (Å²) in [6.45, 7) is 2.30. The highest BCUT2D eigenvalue weighted by molar-refractivity contribution is 5.53. The Labute approximate surface area is 246 Å². The molecule has 0 N–H and O–H groups in total. The number of benzene rings is 3. The molecule has 0 spiro atoms. The van der Waals surface area contributed by atoms with Crippen LogP contribution in [0.5, 0.6) is 11.5 Å². The van der Waals surface area contributed by atoms with Crippen LogP contribution in [0.1, 0.15) is 121 Å². The van der Waals surface area contributed by atoms with Crippen molar-refractivity contribution in [3.05, 3.63) is 95.9 Å². The van der Waals surface area contributed by atoms with E-state index in [-0.39, 0.29) is 0 Å². The Morgan fingerprint density at radius 1 is 0.500 bits per heavy atom. The van der Waals surface area contributed by atoms with Crippen molar-refractivity contribution < 1.29 is 4.74 Å². The van der Waals surface area contributed by atoms with Crippen molar-refractivity contribution >= 4 is 5.69 Å². The summed E-state index contributed by atoms with van der Waals surface area (Å²) in [7, 11) is 4.20. The Bertz CT molecular complexity index is 1010. The van der Waals surface area contributed by atoms with Gasteiger partial charge in [0.25, 0.3) is 0 Å². The molecule has 2 nitrogen and oxygen atoms in total. The highest BCUT2D eigenvalue weighted by Crippen LogP contribution is 2.32. The standard InChI is InChI=1S/C38H54NO/c1-4-5-6-7-8-9-10-11-12-13-14-15-16-17-21-24-38(33-25-29-35(30-26-33)39(2)3)34-27-31-37(32-28-34)40-36-22-19-18-20-23-36/h18-20,22-23,25-32H,4-17,21,24H2,1-3H3. The number of hydrogen-bond acceptors (Lipinski definition) is 2. The number of unbranched alkanes of at least 4 members (excludes halogenated alkanes) is 14. The van der Waals surface area contributed by atoms with Crippen LogP contribution >= 0.6 is 0 Å². The summed E-state index contributed by atoms with van der Waals surface area (Å²) in [5, 5.41) is 0. The number of rotatable bonds is 21. The highest BCUT2D eigenvalue weighted by Gasteiger charge is 2.16. The average Bonchev–Trinajstić information content (AvgIpc) is 2.98. The van der Waals surface area contributed by atoms with Gasteiger partial charge in [-0.25, -0.2) is 0 Å². The van der Waals surface area contributed by atoms with Crippen molar-refractivity contribution in [2.75, 3.05) is 19.0 Å². The van der Waals surface area contributed by atoms with E-state index in [1.165, 1.54) is 119 Å². The molecular weight excluding hydrogens is 486 g/mol. The maximum atomic E-state index is 6.04. The number of ether oxygens (including phenoxy) is 1. The lowest BCUT2D eigenvalue weighted by Crippen LogP contribution is -2.09. The maximum Gasteiger partial charge on any atom is 0.127 e. The monoisotopic (exact) mass is 540 g/mol. The van der Waals surface area contributed by atoms with Crippen molar-refractivity contribution in [3.63, 3.8) is 0 Å². The van der Waals surface area contributed by atoms with Crippen molar-refractivity contribution in [3.8, 4) is 11.5 Å². The van der Waals surface area contributed by atoms with Gasteiger partial charge in [-0.1, -0.05) is 146 Å². The third kappa shape index (κ3) is 12.2. The van der Waals surface area contributed by atoms with E-state index in [9.17, 15) is 0 Å². The first-order valence-corrected chi connectivity index (χ1v) is 16.1. The molecule has 0 bridgehead atoms. The van der Waals surface area contributed by atoms with Gasteiger partial charge in [0.2, 0.25) is 0 Å². The molecule has 0 aliphatic carbocycles. The lowest BCUT2D eigenvalue weighted by Gasteiger charge is -2.20. The van der Waals surface area contributed by atoms with E-state index in [2.05, 4.69) is 74.4 Å². The minimum Gasteiger partial charge on any atom is -0.457 e. The first-order valence-electron chi connectivity index (χ1n) is 16.1. The first-order chi connectivity index (χ1) is 19.7. The predicted molar refractivity (Wildman–Crippen MR) is 175 cm³/mol. The molecule has 0 fully saturated rings. The molecule has 0 amide bonds. The molecule has 0 saturated carbocycles. The summed E-state index contributed by atoms with van der Waals surface area (Å²) in [6.07, 6.45) is 22.1. The van der Waals surface area contributed by atoms with Crippen LogP contribution in [0.15, 0.2) is 78.9 Å². The van der Waals surface area contributed by atoms with Crippen LogP contribution in [-0.4, -0.2) is 14.1 Å². The van der Waals surface area contributed by atoms with Gasteiger partial charge in [-0.05, 0) is 53.9 Å². The van der Waals surface area contributed by atoms with Crippen LogP contribution in [0.2, 0.25) is 0 Å². The Hall–Kier alpha value is -2.74. The Morgan fingerprint density at radius 3 is 1.40 bits per heavy atom. The third-order valence-corrected chi connectivity index (χ3v) is 7.94. The first kappa shape index (κ1) is 31.8. The number of nitrogens with zero attached hydrogens (tertiary/aromatic N) is 1. The van der Waals surface area contributed by atoms with E-state index in [1.807, 2.05) is 30.3 Å². The molecule has 0 aromatic heterocycles. The van der Waals surface area contributed by atoms with Crippen LogP contribution in [0.25, 0.3) is 0 Å². The molecule has 217 valence electrons. The fourth-order valence-corrected chi connectivity index (χ4v) is 5.44. The molecule has 0 atom stereocenters. The molecule has 40 heavy (non-hydrogen) atoms. The van der Waals surface area contributed by atoms with Gasteiger partial charge in [0.05, 0.1) is 0 Å². The molecule has 3 aromatic rings. The lowest BCUT2D eigenvalue weighted by atomic mass is 9.86. The predicted octanol–water partition coefficient (Wildman–Crippen LogP) is 11.8. The summed E-state index contributed by atoms with van der Waals surface area (Å²) >= 11 is 0. The zero-order valence-corrected chi connectivity index (χ0v) is 25.7. The van der Waals surface area contributed by atoms with Crippen molar-refractivity contribution in [2.24, 2.45) is 0 Å². The Balaban J connectivity index is 1.40. The van der Waals surface area contributed by atoms with Gasteiger partial charge in [0.1, 0.15) is 11.5 Å². The smallest absolute Gasteiger partial charge is 0.127 e. The molecule has 0 saturated heterocycles. The van der Waals surface area contributed by atoms with Gasteiger partial charge >= 0.3 is 0 Å². The fraction of sp³-hybridized carbons (Fsp3) is 0.500. The summed E-state index contributed by atoms with van der Waals surface area (Å²) in [5.41, 5.74) is 3.86. The minimum atomic E-state index is 0.872. The zero-order chi connectivity index (χ0) is 28.3. The molecule has 3 aromatic carbocycles. The van der Waals surface area contributed by atoms with E-state index in [4.69, 9.17) is 4.74 Å². The van der Waals surface area contributed by atoms with Crippen molar-refractivity contribution in [2.45, 2.75) is 110 Å². The van der Waals surface area contributed by atoms with E-state index >= 15 is 0 Å². The molecule has 3 rings (SSSR count). The zero-order valence-electron chi connectivity index (χ0n) is 25.7. The van der Waals surface area contributed by atoms with E-state index in [1.54, 1.807) is 0 Å². The second kappa shape index (κ2) is 19.4. The van der Waals surface area contributed by atoms with E-state index < -0.39 is 0 Å². The van der Waals surface area contributed by atoms with Gasteiger partial charge in [-0.3, -0.25) is 0 Å². The Kier molecular flexibility index (Phi) is 15.4. The van der Waals surface area contributed by atoms with Crippen molar-refractivity contribution in [1.82, 2.24) is 0 Å². The average molecular weight is 541 g/mol. The molecule has 0 unspecified atom stereocenters. The molecular formula is C38H54NO. The number of hydrogen-bond donors (Lipinski definition) is 0. The number of para-hydroxylation sites is 1. The summed E-state index contributed by atoms with van der Waals surface area (Å²) in [4.78, 5) is 2.16. The van der Waals surface area contributed by atoms with Gasteiger partial charge in [-0.2, -0.15) is 0 Å². The number of anilines is 1. The van der Waals surface area contributed by atoms with Gasteiger partial charge in [-0.15, -0.1) is 0 Å². The summed E-state index contributed by atoms with van der Waals surface area (Å²) < 4.78 is 6.04. The topological polar surface area (TPSA) is 12.5 Å². The van der Waals surface area contributed by atoms with Crippen molar-refractivity contribution in [1.29, 1.82) is 0 Å². The molecule has 0 aliphatic rings. The van der Waals surface area contributed by atoms with E-state index in [0.29, 0.717) is 0 Å². The van der Waals surface area contributed by atoms with Crippen LogP contribution < -0.4 is 9.64 Å². The van der Waals surface area contributed by atoms with Crippen LogP contribution in [-0.2, 0) is 0 Å². The highest BCUT2D eigenvalue weighted by atomic mass is 16.5. The minimum absolute atomic E-state index is 0.872. The van der Waals surface area contributed by atoms with Crippen LogP contribution in [0.4, 0.5) is 5.69 Å². The van der Waals surface area contributed by atoms with Crippen LogP contribution in [0, 0.1) is 5.92 Å². The second-order valence-corrected chi connectivity index (χ2v) is 11.6. The SMILES string of the molecule is CCCCCCCCCCCCCCCCC[C](c1ccc(Oc2ccccc2)cc1)c1ccc(N(C)C)cc1. The van der Waals surface area contributed by atoms with Gasteiger partial charge in [0.15, 0.2) is 0 Å². The molecule has 0 heterocycles. The fourth-order valence-electron chi connectivity index (χ4n) is 5.44. The Morgan fingerprint density at radius 2 is 0.925 bits per heavy atom. The maximum absolute atomic E-state index is 6.04. The lowest BCUT2D eigenvalue weighted by molar-refractivity contribution is 0.482. The molecule has 2 heteroatoms. The third-order valence-electron chi connectivity index (χ3n) is 7.94. The summed E-state index contributed by atoms with van der Waals surface area (Å²) in [5.74, 6) is 3.19. The largest absolute Gasteiger partial charge is 0.457 e. The quantitative estimate of drug-likeness (QED) is 0.125. The van der Waals surface area contributed by atoms with Gasteiger partial charge < -0.3 is 9.64 Å². The molecule has 1 radical (unpaired) electrons. The summed E-state index contributed by atoms with van der Waals surface area (Å²) in [6, 6.07) is 27.7. The van der Waals surface area contributed by atoms with Gasteiger partial charge in [0, 0.05) is 25.7 Å². The second-order valence-electron chi connectivity index (χ2n) is 11.6. The van der Waals surface area contributed by atoms with E-state index in [0.717, 1.165) is 17.9 Å².